The van der Waals surface area contributed by atoms with Crippen molar-refractivity contribution in [2.45, 2.75) is 39.3 Å². The number of benzene rings is 1. The molecule has 2 amide bonds. The van der Waals surface area contributed by atoms with E-state index in [0.717, 1.165) is 12.0 Å². The van der Waals surface area contributed by atoms with Gasteiger partial charge in [0.05, 0.1) is 0 Å². The Morgan fingerprint density at radius 1 is 1.32 bits per heavy atom. The fourth-order valence-corrected chi connectivity index (χ4v) is 3.21. The highest BCUT2D eigenvalue weighted by Gasteiger charge is 2.32. The summed E-state index contributed by atoms with van der Waals surface area (Å²) < 4.78 is 5.15. The smallest absolute Gasteiger partial charge is 0.276 e. The third-order valence-electron chi connectivity index (χ3n) is 4.69. The second-order valence-electron chi connectivity index (χ2n) is 6.33. The molecule has 0 aliphatic carbocycles. The second-order valence-corrected chi connectivity index (χ2v) is 6.33. The molecule has 0 radical (unpaired) electrons. The summed E-state index contributed by atoms with van der Waals surface area (Å²) in [5, 5.41) is 0. The molecule has 1 fully saturated rings. The van der Waals surface area contributed by atoms with Crippen LogP contribution in [0.1, 0.15) is 41.6 Å². The van der Waals surface area contributed by atoms with Crippen molar-refractivity contribution in [3.05, 3.63) is 53.7 Å². The number of carbonyl (C=O) groups is 2. The van der Waals surface area contributed by atoms with Crippen LogP contribution in [0.5, 0.6) is 0 Å². The maximum absolute atomic E-state index is 12.7. The molecule has 1 aliphatic heterocycles. The number of hydrogen-bond donors (Lipinski definition) is 0. The molecule has 2 aromatic rings. The lowest BCUT2D eigenvalue weighted by Gasteiger charge is -2.31. The molecule has 132 valence electrons. The van der Waals surface area contributed by atoms with Gasteiger partial charge in [0.2, 0.25) is 5.91 Å². The normalized spacial score (nSPS) is 18.3. The summed E-state index contributed by atoms with van der Waals surface area (Å²) in [5.41, 5.74) is 1.43. The Balaban J connectivity index is 1.79. The molecular weight excluding hydrogens is 318 g/mol. The molecule has 0 saturated carbocycles. The van der Waals surface area contributed by atoms with Crippen molar-refractivity contribution in [1.82, 2.24) is 14.8 Å². The van der Waals surface area contributed by atoms with Crippen LogP contribution in [0.15, 0.2) is 41.1 Å². The molecule has 1 aliphatic rings. The highest BCUT2D eigenvalue weighted by molar-refractivity contribution is 5.93. The average molecular weight is 341 g/mol. The number of amides is 2. The molecule has 1 unspecified atom stereocenters. The van der Waals surface area contributed by atoms with Gasteiger partial charge < -0.3 is 14.2 Å². The Bertz CT molecular complexity index is 741. The maximum atomic E-state index is 12.7. The molecule has 0 spiro atoms. The van der Waals surface area contributed by atoms with E-state index >= 15 is 0 Å². The van der Waals surface area contributed by atoms with Gasteiger partial charge in [-0.25, -0.2) is 4.98 Å². The van der Waals surface area contributed by atoms with Crippen molar-refractivity contribution < 1.29 is 14.0 Å². The van der Waals surface area contributed by atoms with E-state index in [4.69, 9.17) is 4.42 Å². The molecule has 6 nitrogen and oxygen atoms in total. The fourth-order valence-electron chi connectivity index (χ4n) is 3.21. The largest absolute Gasteiger partial charge is 0.448 e. The topological polar surface area (TPSA) is 66.7 Å². The fraction of sp³-hybridized carbons (Fsp3) is 0.421. The summed E-state index contributed by atoms with van der Waals surface area (Å²) >= 11 is 0. The van der Waals surface area contributed by atoms with E-state index < -0.39 is 0 Å². The van der Waals surface area contributed by atoms with Gasteiger partial charge in [-0.3, -0.25) is 9.59 Å². The Labute approximate surface area is 147 Å². The number of nitrogens with zero attached hydrogens (tertiary/aromatic N) is 3. The van der Waals surface area contributed by atoms with Gasteiger partial charge in [0, 0.05) is 32.1 Å². The first-order valence-corrected chi connectivity index (χ1v) is 8.63. The third kappa shape index (κ3) is 3.73. The van der Waals surface area contributed by atoms with Gasteiger partial charge in [-0.1, -0.05) is 37.3 Å². The van der Waals surface area contributed by atoms with Crippen LogP contribution in [0.2, 0.25) is 0 Å². The summed E-state index contributed by atoms with van der Waals surface area (Å²) in [7, 11) is 0. The SMILES string of the molecule is CCC1CN(C(=O)c2ncoc2C)CCC(=O)N1Cc1ccccc1. The van der Waals surface area contributed by atoms with Crippen LogP contribution >= 0.6 is 0 Å². The standard InChI is InChI=1S/C19H23N3O3/c1-3-16-12-21(19(24)18-14(2)25-13-20-18)10-9-17(23)22(16)11-15-7-5-4-6-8-15/h4-8,13,16H,3,9-12H2,1-2H3. The quantitative estimate of drug-likeness (QED) is 0.857. The molecule has 1 atom stereocenters. The van der Waals surface area contributed by atoms with Crippen LogP contribution in [0.4, 0.5) is 0 Å². The summed E-state index contributed by atoms with van der Waals surface area (Å²) in [4.78, 5) is 33.1. The van der Waals surface area contributed by atoms with Crippen molar-refractivity contribution in [3.63, 3.8) is 0 Å². The molecule has 0 bridgehead atoms. The molecule has 0 N–H and O–H groups in total. The molecular formula is C19H23N3O3. The van der Waals surface area contributed by atoms with Crippen molar-refractivity contribution in [1.29, 1.82) is 0 Å². The van der Waals surface area contributed by atoms with Gasteiger partial charge in [0.1, 0.15) is 5.76 Å². The Kier molecular flexibility index (Phi) is 5.16. The monoisotopic (exact) mass is 341 g/mol. The summed E-state index contributed by atoms with van der Waals surface area (Å²) in [6.07, 6.45) is 2.40. The molecule has 6 heteroatoms. The number of carbonyl (C=O) groups excluding carboxylic acids is 2. The minimum absolute atomic E-state index is 0.00800. The minimum Gasteiger partial charge on any atom is -0.448 e. The average Bonchev–Trinajstić information content (AvgIpc) is 2.99. The molecule has 1 aromatic heterocycles. The Morgan fingerprint density at radius 2 is 2.08 bits per heavy atom. The zero-order valence-corrected chi connectivity index (χ0v) is 14.6. The predicted molar refractivity (Wildman–Crippen MR) is 92.8 cm³/mol. The van der Waals surface area contributed by atoms with Gasteiger partial charge >= 0.3 is 0 Å². The lowest BCUT2D eigenvalue weighted by molar-refractivity contribution is -0.133. The first kappa shape index (κ1) is 17.2. The van der Waals surface area contributed by atoms with Crippen molar-refractivity contribution in [3.8, 4) is 0 Å². The van der Waals surface area contributed by atoms with E-state index in [0.29, 0.717) is 37.5 Å². The van der Waals surface area contributed by atoms with Crippen LogP contribution in [-0.2, 0) is 11.3 Å². The number of aryl methyl sites for hydroxylation is 1. The van der Waals surface area contributed by atoms with Gasteiger partial charge in [-0.2, -0.15) is 0 Å². The van der Waals surface area contributed by atoms with Crippen LogP contribution in [0.3, 0.4) is 0 Å². The lowest BCUT2D eigenvalue weighted by atomic mass is 10.1. The van der Waals surface area contributed by atoms with E-state index in [2.05, 4.69) is 4.98 Å². The number of aromatic nitrogens is 1. The van der Waals surface area contributed by atoms with Crippen molar-refractivity contribution in [2.75, 3.05) is 13.1 Å². The number of oxazole rings is 1. The third-order valence-corrected chi connectivity index (χ3v) is 4.69. The van der Waals surface area contributed by atoms with Crippen LogP contribution in [-0.4, -0.2) is 45.7 Å². The van der Waals surface area contributed by atoms with Crippen LogP contribution in [0.25, 0.3) is 0 Å². The number of hydrogen-bond acceptors (Lipinski definition) is 4. The predicted octanol–water partition coefficient (Wildman–Crippen LogP) is 2.64. The zero-order chi connectivity index (χ0) is 17.8. The highest BCUT2D eigenvalue weighted by atomic mass is 16.3. The zero-order valence-electron chi connectivity index (χ0n) is 14.6. The highest BCUT2D eigenvalue weighted by Crippen LogP contribution is 2.19. The number of rotatable bonds is 4. The van der Waals surface area contributed by atoms with Crippen molar-refractivity contribution >= 4 is 11.8 Å². The van der Waals surface area contributed by atoms with E-state index in [1.807, 2.05) is 42.2 Å². The second kappa shape index (κ2) is 7.51. The molecule has 1 aromatic carbocycles. The van der Waals surface area contributed by atoms with Gasteiger partial charge in [-0.05, 0) is 18.9 Å². The Hall–Kier alpha value is -2.63. The van der Waals surface area contributed by atoms with E-state index in [-0.39, 0.29) is 17.9 Å². The molecule has 3 rings (SSSR count). The molecule has 1 saturated heterocycles. The van der Waals surface area contributed by atoms with Crippen molar-refractivity contribution in [2.24, 2.45) is 0 Å². The maximum Gasteiger partial charge on any atom is 0.276 e. The first-order valence-electron chi connectivity index (χ1n) is 8.63. The van der Waals surface area contributed by atoms with E-state index in [9.17, 15) is 9.59 Å². The van der Waals surface area contributed by atoms with E-state index in [1.54, 1.807) is 11.8 Å². The Morgan fingerprint density at radius 3 is 2.72 bits per heavy atom. The van der Waals surface area contributed by atoms with E-state index in [1.165, 1.54) is 6.39 Å². The first-order chi connectivity index (χ1) is 12.1. The minimum atomic E-state index is -0.168. The molecule has 2 heterocycles. The summed E-state index contributed by atoms with van der Waals surface area (Å²) in [6.45, 7) is 5.27. The summed E-state index contributed by atoms with van der Waals surface area (Å²) in [6, 6.07) is 9.94. The van der Waals surface area contributed by atoms with Gasteiger partial charge in [0.25, 0.3) is 5.91 Å². The van der Waals surface area contributed by atoms with Gasteiger partial charge in [-0.15, -0.1) is 0 Å². The van der Waals surface area contributed by atoms with Crippen LogP contribution < -0.4 is 0 Å². The lowest BCUT2D eigenvalue weighted by Crippen LogP contribution is -2.44. The van der Waals surface area contributed by atoms with Gasteiger partial charge in [0.15, 0.2) is 12.1 Å². The molecule has 25 heavy (non-hydrogen) atoms. The van der Waals surface area contributed by atoms with Crippen LogP contribution in [0, 0.1) is 6.92 Å². The summed E-state index contributed by atoms with van der Waals surface area (Å²) in [5.74, 6) is 0.428.